The Labute approximate surface area is 189 Å². The van der Waals surface area contributed by atoms with Crippen LogP contribution in [-0.4, -0.2) is 47.2 Å². The van der Waals surface area contributed by atoms with Gasteiger partial charge >= 0.3 is 0 Å². The second kappa shape index (κ2) is 9.45. The van der Waals surface area contributed by atoms with Crippen LogP contribution in [0.4, 0.5) is 5.82 Å². The van der Waals surface area contributed by atoms with Gasteiger partial charge in [-0.3, -0.25) is 15.3 Å². The van der Waals surface area contributed by atoms with Crippen LogP contribution in [0.3, 0.4) is 0 Å². The van der Waals surface area contributed by atoms with E-state index in [1.54, 1.807) is 6.20 Å². The van der Waals surface area contributed by atoms with Crippen molar-refractivity contribution in [2.75, 3.05) is 18.0 Å². The third-order valence-electron chi connectivity index (χ3n) is 5.99. The van der Waals surface area contributed by atoms with Gasteiger partial charge < -0.3 is 10.3 Å². The number of aliphatic imine (C=N–C) groups is 1. The maximum Gasteiger partial charge on any atom is 0.129 e. The molecule has 1 aliphatic heterocycles. The third-order valence-corrected chi connectivity index (χ3v) is 6.29. The first-order valence-corrected chi connectivity index (χ1v) is 11.5. The highest BCUT2D eigenvalue weighted by Crippen LogP contribution is 2.32. The van der Waals surface area contributed by atoms with Crippen LogP contribution >= 0.6 is 11.6 Å². The number of pyridine rings is 2. The summed E-state index contributed by atoms with van der Waals surface area (Å²) in [5, 5.41) is 12.6. The van der Waals surface area contributed by atoms with Crippen molar-refractivity contribution in [3.05, 3.63) is 40.7 Å². The Bertz CT molecular complexity index is 984. The molecular weight excluding hydrogens is 408 g/mol. The molecule has 1 saturated carbocycles. The van der Waals surface area contributed by atoms with E-state index in [0.717, 1.165) is 46.9 Å². The van der Waals surface area contributed by atoms with Gasteiger partial charge in [-0.05, 0) is 50.3 Å². The van der Waals surface area contributed by atoms with Crippen LogP contribution in [-0.2, 0) is 0 Å². The molecule has 2 aliphatic rings. The fourth-order valence-corrected chi connectivity index (χ4v) is 4.19. The summed E-state index contributed by atoms with van der Waals surface area (Å²) in [7, 11) is 0. The number of nitrogens with one attached hydrogen (secondary N) is 2. The van der Waals surface area contributed by atoms with Gasteiger partial charge in [0.1, 0.15) is 5.82 Å². The summed E-state index contributed by atoms with van der Waals surface area (Å²) >= 11 is 6.50. The van der Waals surface area contributed by atoms with Crippen LogP contribution < -0.4 is 10.2 Å². The molecular formula is C24H31ClN6. The Morgan fingerprint density at radius 1 is 1.29 bits per heavy atom. The summed E-state index contributed by atoms with van der Waals surface area (Å²) in [6.45, 7) is 7.72. The molecule has 4 rings (SSSR count). The van der Waals surface area contributed by atoms with Gasteiger partial charge in [0.2, 0.25) is 0 Å². The average Bonchev–Trinajstić information content (AvgIpc) is 3.57. The van der Waals surface area contributed by atoms with Crippen molar-refractivity contribution in [1.82, 2.24) is 15.3 Å². The highest BCUT2D eigenvalue weighted by Gasteiger charge is 2.26. The van der Waals surface area contributed by atoms with Crippen molar-refractivity contribution >= 4 is 29.3 Å². The van der Waals surface area contributed by atoms with Gasteiger partial charge in [-0.2, -0.15) is 0 Å². The molecule has 1 saturated heterocycles. The lowest BCUT2D eigenvalue weighted by Gasteiger charge is -2.33. The highest BCUT2D eigenvalue weighted by molar-refractivity contribution is 6.33. The molecule has 0 radical (unpaired) electrons. The fraction of sp³-hybridized carbons (Fsp3) is 0.500. The lowest BCUT2D eigenvalue weighted by molar-refractivity contribution is 0.512. The molecule has 0 bridgehead atoms. The van der Waals surface area contributed by atoms with Crippen molar-refractivity contribution in [2.24, 2.45) is 10.9 Å². The molecule has 1 aliphatic carbocycles. The summed E-state index contributed by atoms with van der Waals surface area (Å²) < 4.78 is 0. The second-order valence-electron chi connectivity index (χ2n) is 8.69. The minimum Gasteiger partial charge on any atom is -0.355 e. The monoisotopic (exact) mass is 438 g/mol. The maximum atomic E-state index is 8.42. The van der Waals surface area contributed by atoms with Gasteiger partial charge in [-0.1, -0.05) is 24.6 Å². The number of aryl methyl sites for hydroxylation is 2. The van der Waals surface area contributed by atoms with Crippen LogP contribution in [0.15, 0.2) is 29.5 Å². The van der Waals surface area contributed by atoms with E-state index in [-0.39, 0.29) is 12.1 Å². The Kier molecular flexibility index (Phi) is 6.68. The molecule has 2 aromatic rings. The van der Waals surface area contributed by atoms with Crippen LogP contribution in [0, 0.1) is 25.2 Å². The summed E-state index contributed by atoms with van der Waals surface area (Å²) in [6.07, 6.45) is 9.87. The largest absolute Gasteiger partial charge is 0.355 e. The van der Waals surface area contributed by atoms with Crippen molar-refractivity contribution in [2.45, 2.75) is 58.7 Å². The number of piperidine rings is 1. The molecule has 0 spiro atoms. The number of halogens is 1. The van der Waals surface area contributed by atoms with E-state index in [2.05, 4.69) is 40.1 Å². The van der Waals surface area contributed by atoms with E-state index in [1.165, 1.54) is 12.8 Å². The van der Waals surface area contributed by atoms with E-state index < -0.39 is 0 Å². The number of nitrogens with zero attached hydrogens (tertiary/aromatic N) is 4. The van der Waals surface area contributed by atoms with Gasteiger partial charge in [0.05, 0.1) is 16.9 Å². The Morgan fingerprint density at radius 2 is 2.10 bits per heavy atom. The Balaban J connectivity index is 1.53. The van der Waals surface area contributed by atoms with Crippen LogP contribution in [0.2, 0.25) is 5.02 Å². The number of hydrogen-bond donors (Lipinski definition) is 2. The number of aromatic nitrogens is 2. The predicted molar refractivity (Wildman–Crippen MR) is 129 cm³/mol. The lowest BCUT2D eigenvalue weighted by atomic mass is 9.96. The molecule has 6 nitrogen and oxygen atoms in total. The second-order valence-corrected chi connectivity index (χ2v) is 9.10. The van der Waals surface area contributed by atoms with Crippen molar-refractivity contribution in [3.8, 4) is 11.3 Å². The third kappa shape index (κ3) is 5.31. The van der Waals surface area contributed by atoms with Gasteiger partial charge in [-0.15, -0.1) is 0 Å². The number of anilines is 1. The van der Waals surface area contributed by atoms with Crippen LogP contribution in [0.1, 0.15) is 43.7 Å². The lowest BCUT2D eigenvalue weighted by Crippen LogP contribution is -2.42. The van der Waals surface area contributed by atoms with Crippen molar-refractivity contribution in [3.63, 3.8) is 0 Å². The molecule has 2 fully saturated rings. The van der Waals surface area contributed by atoms with Gasteiger partial charge in [-0.25, -0.2) is 4.98 Å². The van der Waals surface area contributed by atoms with Crippen molar-refractivity contribution < 1.29 is 0 Å². The van der Waals surface area contributed by atoms with Gasteiger partial charge in [0.25, 0.3) is 0 Å². The molecule has 164 valence electrons. The minimum atomic E-state index is 0.00367. The van der Waals surface area contributed by atoms with E-state index >= 15 is 0 Å². The first-order chi connectivity index (χ1) is 14.9. The molecule has 3 heterocycles. The first-order valence-electron chi connectivity index (χ1n) is 11.2. The van der Waals surface area contributed by atoms with Crippen molar-refractivity contribution in [1.29, 1.82) is 5.41 Å². The zero-order valence-corrected chi connectivity index (χ0v) is 19.3. The van der Waals surface area contributed by atoms with E-state index in [1.807, 2.05) is 25.4 Å². The summed E-state index contributed by atoms with van der Waals surface area (Å²) in [5.41, 5.74) is 4.75. The van der Waals surface area contributed by atoms with E-state index in [4.69, 9.17) is 22.0 Å². The molecule has 0 aromatic carbocycles. The zero-order valence-electron chi connectivity index (χ0n) is 18.5. The molecule has 2 aromatic heterocycles. The minimum absolute atomic E-state index is 0.00367. The normalized spacial score (nSPS) is 20.5. The van der Waals surface area contributed by atoms with E-state index in [0.29, 0.717) is 24.0 Å². The van der Waals surface area contributed by atoms with Gasteiger partial charge in [0.15, 0.2) is 0 Å². The molecule has 0 amide bonds. The zero-order chi connectivity index (χ0) is 22.0. The predicted octanol–water partition coefficient (Wildman–Crippen LogP) is 4.82. The van der Waals surface area contributed by atoms with Crippen LogP contribution in [0.5, 0.6) is 0 Å². The number of rotatable bonds is 7. The summed E-state index contributed by atoms with van der Waals surface area (Å²) in [6, 6.07) is 4.77. The van der Waals surface area contributed by atoms with Crippen LogP contribution in [0.25, 0.3) is 11.3 Å². The smallest absolute Gasteiger partial charge is 0.129 e. The Hall–Kier alpha value is -2.31. The topological polar surface area (TPSA) is 77.3 Å². The SMILES string of the molecule is CCC(N=CC1CN(c2cc(-c3ncc(C)cc3C)c(Cl)cn2)CCC1=N)NC1CC1. The quantitative estimate of drug-likeness (QED) is 0.607. The Morgan fingerprint density at radius 3 is 2.81 bits per heavy atom. The standard InChI is InChI=1S/C24H31ClN6/c1-4-22(30-18-5-6-18)27-12-17-14-31(8-7-21(17)26)23-10-19(20(25)13-28-23)24-16(3)9-15(2)11-29-24/h9-13,17-18,22,26,30H,4-8,14H2,1-3H3. The maximum absolute atomic E-state index is 8.42. The molecule has 2 unspecified atom stereocenters. The molecule has 2 atom stereocenters. The fourth-order valence-electron chi connectivity index (χ4n) is 4.00. The average molecular weight is 439 g/mol. The molecule has 31 heavy (non-hydrogen) atoms. The van der Waals surface area contributed by atoms with E-state index in [9.17, 15) is 0 Å². The number of hydrogen-bond acceptors (Lipinski definition) is 6. The first kappa shape index (κ1) is 21.9. The molecule has 2 N–H and O–H groups in total. The summed E-state index contributed by atoms with van der Waals surface area (Å²) in [4.78, 5) is 16.2. The highest BCUT2D eigenvalue weighted by atomic mass is 35.5. The summed E-state index contributed by atoms with van der Waals surface area (Å²) in [5.74, 6) is 0.874. The molecule has 7 heteroatoms. The van der Waals surface area contributed by atoms with Gasteiger partial charge in [0, 0.05) is 61.4 Å².